The molecule has 0 spiro atoms. The highest BCUT2D eigenvalue weighted by Gasteiger charge is 2.52. The van der Waals surface area contributed by atoms with Gasteiger partial charge >= 0.3 is 0 Å². The summed E-state index contributed by atoms with van der Waals surface area (Å²) in [4.78, 5) is 16.0. The van der Waals surface area contributed by atoms with Gasteiger partial charge < -0.3 is 16.8 Å². The molecule has 1 aromatic rings. The van der Waals surface area contributed by atoms with Gasteiger partial charge in [-0.1, -0.05) is 5.21 Å². The third-order valence-electron chi connectivity index (χ3n) is 5.91. The molecule has 0 aliphatic heterocycles. The highest BCUT2D eigenvalue weighted by Crippen LogP contribution is 2.58. The van der Waals surface area contributed by atoms with E-state index in [1.807, 2.05) is 10.9 Å². The van der Waals surface area contributed by atoms with Crippen LogP contribution in [-0.2, 0) is 5.54 Å². The number of carbonyl (C=O) groups excluding carboxylic acids is 1. The Hall–Kier alpha value is -2.12. The number of hydrogen-bond acceptors (Lipinski definition) is 4. The number of carbonyl (C=O) groups is 1. The van der Waals surface area contributed by atoms with Gasteiger partial charge in [-0.25, -0.2) is 4.68 Å². The third-order valence-corrected chi connectivity index (χ3v) is 5.91. The lowest BCUT2D eigenvalue weighted by Crippen LogP contribution is -2.52. The Labute approximate surface area is 141 Å². The fraction of sp³-hybridized carbons (Fsp3) is 0.750. The normalized spacial score (nSPS) is 33.4. The molecule has 1 aromatic heterocycles. The molecule has 130 valence electrons. The van der Waals surface area contributed by atoms with Gasteiger partial charge in [0.2, 0.25) is 0 Å². The highest BCUT2D eigenvalue weighted by molar-refractivity contribution is 5.91. The first-order chi connectivity index (χ1) is 11.5. The molecule has 8 nitrogen and oxygen atoms in total. The number of guanidine groups is 1. The molecule has 8 heteroatoms. The van der Waals surface area contributed by atoms with E-state index in [1.54, 1.807) is 0 Å². The van der Waals surface area contributed by atoms with Crippen molar-refractivity contribution in [2.24, 2.45) is 34.2 Å². The lowest BCUT2D eigenvalue weighted by Gasteiger charge is -2.56. The van der Waals surface area contributed by atoms with Crippen molar-refractivity contribution in [1.29, 1.82) is 0 Å². The molecule has 1 amide bonds. The van der Waals surface area contributed by atoms with Crippen molar-refractivity contribution >= 4 is 11.9 Å². The Morgan fingerprint density at radius 1 is 1.25 bits per heavy atom. The van der Waals surface area contributed by atoms with Crippen LogP contribution in [0.3, 0.4) is 0 Å². The standard InChI is InChI=1S/C16H25N7O/c17-15(18)20-2-1-19-14(24)13-9-23(22-21-13)16-6-10-3-11(7-16)5-12(4-10)8-16/h9-12H,1-8H2,(H,19,24)(H4,17,18,20). The van der Waals surface area contributed by atoms with Gasteiger partial charge in [0.05, 0.1) is 18.3 Å². The predicted molar refractivity (Wildman–Crippen MR) is 89.2 cm³/mol. The minimum Gasteiger partial charge on any atom is -0.370 e. The smallest absolute Gasteiger partial charge is 0.273 e. The molecule has 1 heterocycles. The molecule has 0 atom stereocenters. The predicted octanol–water partition coefficient (Wildman–Crippen LogP) is 0.207. The summed E-state index contributed by atoms with van der Waals surface area (Å²) in [6.07, 6.45) is 9.53. The van der Waals surface area contributed by atoms with Gasteiger partial charge in [-0.3, -0.25) is 9.79 Å². The van der Waals surface area contributed by atoms with Crippen LogP contribution >= 0.6 is 0 Å². The van der Waals surface area contributed by atoms with Crippen LogP contribution in [0.25, 0.3) is 0 Å². The van der Waals surface area contributed by atoms with Crippen LogP contribution in [0.2, 0.25) is 0 Å². The quantitative estimate of drug-likeness (QED) is 0.404. The van der Waals surface area contributed by atoms with Gasteiger partial charge in [0.25, 0.3) is 5.91 Å². The van der Waals surface area contributed by atoms with Crippen molar-refractivity contribution in [3.63, 3.8) is 0 Å². The molecule has 5 rings (SSSR count). The van der Waals surface area contributed by atoms with Crippen molar-refractivity contribution in [2.75, 3.05) is 13.1 Å². The third kappa shape index (κ3) is 2.74. The Balaban J connectivity index is 1.43. The largest absolute Gasteiger partial charge is 0.370 e. The van der Waals surface area contributed by atoms with E-state index in [-0.39, 0.29) is 17.4 Å². The van der Waals surface area contributed by atoms with Gasteiger partial charge in [-0.05, 0) is 56.3 Å². The average molecular weight is 331 g/mol. The van der Waals surface area contributed by atoms with Crippen LogP contribution in [0.5, 0.6) is 0 Å². The van der Waals surface area contributed by atoms with Gasteiger partial charge in [0.1, 0.15) is 0 Å². The summed E-state index contributed by atoms with van der Waals surface area (Å²) in [5, 5.41) is 11.2. The zero-order chi connectivity index (χ0) is 16.7. The van der Waals surface area contributed by atoms with Crippen LogP contribution in [-0.4, -0.2) is 40.0 Å². The first-order valence-corrected chi connectivity index (χ1v) is 8.80. The highest BCUT2D eigenvalue weighted by atomic mass is 16.2. The van der Waals surface area contributed by atoms with Crippen LogP contribution in [0.4, 0.5) is 0 Å². The van der Waals surface area contributed by atoms with E-state index in [2.05, 4.69) is 20.6 Å². The molecule has 0 unspecified atom stereocenters. The molecular weight excluding hydrogens is 306 g/mol. The van der Waals surface area contributed by atoms with Crippen LogP contribution in [0.15, 0.2) is 11.2 Å². The summed E-state index contributed by atoms with van der Waals surface area (Å²) in [5.74, 6) is 2.29. The second-order valence-electron chi connectivity index (χ2n) is 7.75. The molecule has 0 saturated heterocycles. The Bertz CT molecular complexity index is 626. The maximum atomic E-state index is 12.2. The van der Waals surface area contributed by atoms with Crippen LogP contribution < -0.4 is 16.8 Å². The lowest BCUT2D eigenvalue weighted by molar-refractivity contribution is -0.0502. The minimum absolute atomic E-state index is 0.0250. The maximum Gasteiger partial charge on any atom is 0.273 e. The Morgan fingerprint density at radius 3 is 2.46 bits per heavy atom. The average Bonchev–Trinajstić information content (AvgIpc) is 3.00. The number of rotatable bonds is 5. The summed E-state index contributed by atoms with van der Waals surface area (Å²) in [7, 11) is 0. The molecule has 4 fully saturated rings. The second-order valence-corrected chi connectivity index (χ2v) is 7.75. The summed E-state index contributed by atoms with van der Waals surface area (Å²) >= 11 is 0. The number of aromatic nitrogens is 3. The van der Waals surface area contributed by atoms with Crippen molar-refractivity contribution in [2.45, 2.75) is 44.1 Å². The SMILES string of the molecule is NC(N)=NCCNC(=O)c1cn(C23CC4CC(CC(C4)C2)C3)nn1. The second kappa shape index (κ2) is 5.75. The summed E-state index contributed by atoms with van der Waals surface area (Å²) in [6.45, 7) is 0.734. The summed E-state index contributed by atoms with van der Waals surface area (Å²) in [5.41, 5.74) is 11.0. The monoisotopic (exact) mass is 331 g/mol. The number of hydrogen-bond donors (Lipinski definition) is 3. The van der Waals surface area contributed by atoms with Gasteiger partial charge in [-0.15, -0.1) is 5.10 Å². The topological polar surface area (TPSA) is 124 Å². The van der Waals surface area contributed by atoms with E-state index in [4.69, 9.17) is 11.5 Å². The lowest BCUT2D eigenvalue weighted by atomic mass is 9.53. The number of nitrogens with zero attached hydrogens (tertiary/aromatic N) is 4. The fourth-order valence-electron chi connectivity index (χ4n) is 5.39. The van der Waals surface area contributed by atoms with E-state index in [9.17, 15) is 4.79 Å². The molecule has 4 aliphatic carbocycles. The first kappa shape index (κ1) is 15.4. The molecule has 24 heavy (non-hydrogen) atoms. The number of nitrogens with two attached hydrogens (primary N) is 2. The maximum absolute atomic E-state index is 12.2. The number of amides is 1. The van der Waals surface area contributed by atoms with Crippen LogP contribution in [0, 0.1) is 17.8 Å². The number of aliphatic imine (C=N–C) groups is 1. The van der Waals surface area contributed by atoms with E-state index in [0.717, 1.165) is 17.8 Å². The van der Waals surface area contributed by atoms with Gasteiger partial charge in [0, 0.05) is 6.54 Å². The molecule has 0 aromatic carbocycles. The zero-order valence-electron chi connectivity index (χ0n) is 13.8. The molecule has 4 aliphatic rings. The molecule has 4 bridgehead atoms. The van der Waals surface area contributed by atoms with E-state index < -0.39 is 0 Å². The summed E-state index contributed by atoms with van der Waals surface area (Å²) < 4.78 is 1.99. The molecule has 4 saturated carbocycles. The summed E-state index contributed by atoms with van der Waals surface area (Å²) in [6, 6.07) is 0. The fourth-order valence-corrected chi connectivity index (χ4v) is 5.39. The van der Waals surface area contributed by atoms with Crippen molar-refractivity contribution in [3.8, 4) is 0 Å². The van der Waals surface area contributed by atoms with Crippen LogP contribution in [0.1, 0.15) is 49.0 Å². The van der Waals surface area contributed by atoms with Gasteiger partial charge in [-0.2, -0.15) is 0 Å². The minimum atomic E-state index is -0.225. The van der Waals surface area contributed by atoms with E-state index in [1.165, 1.54) is 38.5 Å². The van der Waals surface area contributed by atoms with Crippen molar-refractivity contribution in [1.82, 2.24) is 20.3 Å². The Morgan fingerprint density at radius 2 is 1.88 bits per heavy atom. The molecule has 5 N–H and O–H groups in total. The molecular formula is C16H25N7O. The first-order valence-electron chi connectivity index (χ1n) is 8.80. The number of nitrogens with one attached hydrogen (secondary N) is 1. The zero-order valence-corrected chi connectivity index (χ0v) is 13.8. The Kier molecular flexibility index (Phi) is 3.69. The van der Waals surface area contributed by atoms with Crippen molar-refractivity contribution in [3.05, 3.63) is 11.9 Å². The molecule has 0 radical (unpaired) electrons. The van der Waals surface area contributed by atoms with Gasteiger partial charge in [0.15, 0.2) is 11.7 Å². The van der Waals surface area contributed by atoms with Crippen molar-refractivity contribution < 1.29 is 4.79 Å². The van der Waals surface area contributed by atoms with E-state index >= 15 is 0 Å². The van der Waals surface area contributed by atoms with E-state index in [0.29, 0.717) is 18.8 Å².